The highest BCUT2D eigenvalue weighted by atomic mass is 79.9. The minimum absolute atomic E-state index is 0.0419. The van der Waals surface area contributed by atoms with Crippen molar-refractivity contribution in [1.29, 1.82) is 0 Å². The second kappa shape index (κ2) is 5.87. The molecule has 0 atom stereocenters. The Morgan fingerprint density at radius 3 is 2.80 bits per heavy atom. The van der Waals surface area contributed by atoms with Crippen molar-refractivity contribution in [3.05, 3.63) is 46.3 Å². The molecular weight excluding hydrogens is 331 g/mol. The van der Waals surface area contributed by atoms with E-state index in [9.17, 15) is 9.18 Å². The molecule has 7 heteroatoms. The quantitative estimate of drug-likeness (QED) is 0.868. The van der Waals surface area contributed by atoms with Gasteiger partial charge in [0.2, 0.25) is 5.88 Å². The molecule has 5 nitrogen and oxygen atoms in total. The molecule has 2 rings (SSSR count). The lowest BCUT2D eigenvalue weighted by Crippen LogP contribution is -2.07. The molecule has 1 aromatic carbocycles. The summed E-state index contributed by atoms with van der Waals surface area (Å²) in [6, 6.07) is 5.33. The second-order valence-corrected chi connectivity index (χ2v) is 4.60. The van der Waals surface area contributed by atoms with E-state index in [1.165, 1.54) is 37.6 Å². The van der Waals surface area contributed by atoms with E-state index in [-0.39, 0.29) is 17.1 Å². The minimum atomic E-state index is -0.590. The summed E-state index contributed by atoms with van der Waals surface area (Å²) in [5.41, 5.74) is 6.01. The Kier molecular flexibility index (Phi) is 4.19. The summed E-state index contributed by atoms with van der Waals surface area (Å²) in [4.78, 5) is 15.5. The Morgan fingerprint density at radius 2 is 2.15 bits per heavy atom. The molecular formula is C13H10BrFN2O3. The number of esters is 1. The zero-order chi connectivity index (χ0) is 14.7. The van der Waals surface area contributed by atoms with Crippen LogP contribution in [-0.4, -0.2) is 18.1 Å². The monoisotopic (exact) mass is 340 g/mol. The molecule has 2 aromatic rings. The number of benzene rings is 1. The van der Waals surface area contributed by atoms with Crippen LogP contribution in [0, 0.1) is 5.82 Å². The van der Waals surface area contributed by atoms with Gasteiger partial charge >= 0.3 is 5.97 Å². The van der Waals surface area contributed by atoms with Crippen LogP contribution in [0.5, 0.6) is 11.6 Å². The summed E-state index contributed by atoms with van der Waals surface area (Å²) in [7, 11) is 1.25. The lowest BCUT2D eigenvalue weighted by molar-refractivity contribution is 0.0601. The third-order valence-electron chi connectivity index (χ3n) is 2.46. The number of carbonyl (C=O) groups is 1. The van der Waals surface area contributed by atoms with E-state index in [1.54, 1.807) is 0 Å². The first-order valence-corrected chi connectivity index (χ1v) is 6.28. The van der Waals surface area contributed by atoms with Crippen molar-refractivity contribution in [2.45, 2.75) is 0 Å². The van der Waals surface area contributed by atoms with E-state index in [0.29, 0.717) is 10.2 Å². The van der Waals surface area contributed by atoms with Crippen LogP contribution in [-0.2, 0) is 4.74 Å². The van der Waals surface area contributed by atoms with Crippen molar-refractivity contribution in [2.24, 2.45) is 0 Å². The summed E-state index contributed by atoms with van der Waals surface area (Å²) in [5.74, 6) is -0.630. The third kappa shape index (κ3) is 2.88. The summed E-state index contributed by atoms with van der Waals surface area (Å²) < 4.78 is 23.5. The molecule has 0 amide bonds. The number of methoxy groups -OCH3 is 1. The SMILES string of the molecule is COC(=O)c1ccnc(Oc2ccc(F)cc2Br)c1N. The molecule has 1 heterocycles. The average molecular weight is 341 g/mol. The summed E-state index contributed by atoms with van der Waals surface area (Å²) in [6.07, 6.45) is 1.37. The van der Waals surface area contributed by atoms with E-state index in [1.807, 2.05) is 0 Å². The van der Waals surface area contributed by atoms with Crippen LogP contribution in [0.4, 0.5) is 10.1 Å². The Morgan fingerprint density at radius 1 is 1.40 bits per heavy atom. The second-order valence-electron chi connectivity index (χ2n) is 3.75. The lowest BCUT2D eigenvalue weighted by Gasteiger charge is -2.11. The molecule has 0 saturated heterocycles. The van der Waals surface area contributed by atoms with Crippen molar-refractivity contribution in [3.63, 3.8) is 0 Å². The van der Waals surface area contributed by atoms with Crippen molar-refractivity contribution >= 4 is 27.6 Å². The van der Waals surface area contributed by atoms with Gasteiger partial charge < -0.3 is 15.2 Å². The van der Waals surface area contributed by atoms with Gasteiger partial charge in [-0.1, -0.05) is 0 Å². The molecule has 0 radical (unpaired) electrons. The van der Waals surface area contributed by atoms with Crippen LogP contribution in [0.2, 0.25) is 0 Å². The average Bonchev–Trinajstić information content (AvgIpc) is 2.43. The maximum atomic E-state index is 13.0. The van der Waals surface area contributed by atoms with Crippen molar-refractivity contribution in [3.8, 4) is 11.6 Å². The first-order valence-electron chi connectivity index (χ1n) is 5.48. The van der Waals surface area contributed by atoms with E-state index in [2.05, 4.69) is 25.7 Å². The Balaban J connectivity index is 2.37. The number of pyridine rings is 1. The molecule has 2 N–H and O–H groups in total. The van der Waals surface area contributed by atoms with Gasteiger partial charge in [0.1, 0.15) is 17.3 Å². The number of ether oxygens (including phenoxy) is 2. The normalized spacial score (nSPS) is 10.2. The Bertz CT molecular complexity index is 664. The van der Waals surface area contributed by atoms with Crippen LogP contribution in [0.25, 0.3) is 0 Å². The van der Waals surface area contributed by atoms with Gasteiger partial charge in [-0.05, 0) is 40.2 Å². The molecule has 0 bridgehead atoms. The number of hydrogen-bond acceptors (Lipinski definition) is 5. The van der Waals surface area contributed by atoms with Gasteiger partial charge in [-0.15, -0.1) is 0 Å². The molecule has 0 unspecified atom stereocenters. The first-order chi connectivity index (χ1) is 9.52. The predicted molar refractivity (Wildman–Crippen MR) is 74.2 cm³/mol. The van der Waals surface area contributed by atoms with Crippen LogP contribution in [0.1, 0.15) is 10.4 Å². The highest BCUT2D eigenvalue weighted by Crippen LogP contribution is 2.33. The maximum Gasteiger partial charge on any atom is 0.340 e. The van der Waals surface area contributed by atoms with Gasteiger partial charge in [0.25, 0.3) is 0 Å². The van der Waals surface area contributed by atoms with Gasteiger partial charge in [-0.3, -0.25) is 0 Å². The number of nitrogens with zero attached hydrogens (tertiary/aromatic N) is 1. The molecule has 1 aromatic heterocycles. The summed E-state index contributed by atoms with van der Waals surface area (Å²) >= 11 is 3.17. The largest absolute Gasteiger partial charge is 0.465 e. The van der Waals surface area contributed by atoms with E-state index >= 15 is 0 Å². The fraction of sp³-hybridized carbons (Fsp3) is 0.0769. The smallest absolute Gasteiger partial charge is 0.340 e. The molecule has 0 spiro atoms. The fourth-order valence-corrected chi connectivity index (χ4v) is 1.92. The number of carbonyl (C=O) groups excluding carboxylic acids is 1. The van der Waals surface area contributed by atoms with Crippen LogP contribution in [0.15, 0.2) is 34.9 Å². The van der Waals surface area contributed by atoms with Crippen molar-refractivity contribution < 1.29 is 18.7 Å². The molecule has 20 heavy (non-hydrogen) atoms. The number of nitrogen functional groups attached to an aromatic ring is 1. The van der Waals surface area contributed by atoms with Crippen LogP contribution >= 0.6 is 15.9 Å². The molecule has 0 aliphatic carbocycles. The summed E-state index contributed by atoms with van der Waals surface area (Å²) in [5, 5.41) is 0. The lowest BCUT2D eigenvalue weighted by atomic mass is 10.2. The van der Waals surface area contributed by atoms with Crippen LogP contribution < -0.4 is 10.5 Å². The number of anilines is 1. The van der Waals surface area contributed by atoms with E-state index in [0.717, 1.165) is 0 Å². The van der Waals surface area contributed by atoms with E-state index in [4.69, 9.17) is 10.5 Å². The fourth-order valence-electron chi connectivity index (χ4n) is 1.49. The minimum Gasteiger partial charge on any atom is -0.465 e. The number of nitrogens with two attached hydrogens (primary N) is 1. The number of halogens is 2. The van der Waals surface area contributed by atoms with E-state index < -0.39 is 11.8 Å². The predicted octanol–water partition coefficient (Wildman–Crippen LogP) is 3.14. The van der Waals surface area contributed by atoms with Crippen molar-refractivity contribution in [2.75, 3.05) is 12.8 Å². The number of aromatic nitrogens is 1. The highest BCUT2D eigenvalue weighted by Gasteiger charge is 2.16. The van der Waals surface area contributed by atoms with Gasteiger partial charge in [0, 0.05) is 6.20 Å². The molecule has 0 aliphatic rings. The number of hydrogen-bond donors (Lipinski definition) is 1. The number of rotatable bonds is 3. The van der Waals surface area contributed by atoms with Crippen molar-refractivity contribution in [1.82, 2.24) is 4.98 Å². The summed E-state index contributed by atoms with van der Waals surface area (Å²) in [6.45, 7) is 0. The standard InChI is InChI=1S/C13H10BrFN2O3/c1-19-13(18)8-4-5-17-12(11(8)16)20-10-3-2-7(15)6-9(10)14/h2-6H,16H2,1H3. The molecule has 0 aliphatic heterocycles. The molecule has 104 valence electrons. The van der Waals surface area contributed by atoms with Crippen LogP contribution in [0.3, 0.4) is 0 Å². The highest BCUT2D eigenvalue weighted by molar-refractivity contribution is 9.10. The Labute approximate surface area is 122 Å². The van der Waals surface area contributed by atoms with Gasteiger partial charge in [-0.25, -0.2) is 14.2 Å². The Hall–Kier alpha value is -2.15. The third-order valence-corrected chi connectivity index (χ3v) is 3.08. The van der Waals surface area contributed by atoms with Gasteiger partial charge in [0.05, 0.1) is 17.1 Å². The first kappa shape index (κ1) is 14.3. The molecule has 0 saturated carbocycles. The zero-order valence-corrected chi connectivity index (χ0v) is 12.0. The maximum absolute atomic E-state index is 13.0. The zero-order valence-electron chi connectivity index (χ0n) is 10.4. The topological polar surface area (TPSA) is 74.4 Å². The molecule has 0 fully saturated rings. The van der Waals surface area contributed by atoms with Gasteiger partial charge in [-0.2, -0.15) is 0 Å². The van der Waals surface area contributed by atoms with Gasteiger partial charge in [0.15, 0.2) is 0 Å².